The molecule has 3 heterocycles. The predicted molar refractivity (Wildman–Crippen MR) is 123 cm³/mol. The third-order valence-corrected chi connectivity index (χ3v) is 5.78. The van der Waals surface area contributed by atoms with Gasteiger partial charge in [0.1, 0.15) is 17.7 Å². The summed E-state index contributed by atoms with van der Waals surface area (Å²) in [5.41, 5.74) is 2.17. The number of hydrogen-bond donors (Lipinski definition) is 2. The Balaban J connectivity index is 1.75. The number of imidazole rings is 1. The third kappa shape index (κ3) is 3.29. The first-order valence-corrected chi connectivity index (χ1v) is 10.5. The lowest BCUT2D eigenvalue weighted by atomic mass is 10.0. The van der Waals surface area contributed by atoms with Crippen LogP contribution in [0, 0.1) is 5.82 Å². The van der Waals surface area contributed by atoms with Crippen LogP contribution < -0.4 is 10.9 Å². The average molecular weight is 449 g/mol. The summed E-state index contributed by atoms with van der Waals surface area (Å²) in [5, 5.41) is 3.93. The monoisotopic (exact) mass is 448 g/mol. The van der Waals surface area contributed by atoms with E-state index >= 15 is 0 Å². The molecule has 5 rings (SSSR count). The van der Waals surface area contributed by atoms with Crippen molar-refractivity contribution in [2.45, 2.75) is 19.4 Å². The molecule has 3 aromatic heterocycles. The van der Waals surface area contributed by atoms with Crippen LogP contribution in [-0.2, 0) is 0 Å². The molecule has 0 saturated heterocycles. The smallest absolute Gasteiger partial charge is 0.264 e. The second-order valence-corrected chi connectivity index (χ2v) is 7.68. The van der Waals surface area contributed by atoms with Crippen LogP contribution in [0.2, 0.25) is 5.02 Å². The molecule has 160 valence electrons. The van der Waals surface area contributed by atoms with Crippen LogP contribution >= 0.6 is 11.6 Å². The number of nitrogens with zero attached hydrogens (tertiary/aromatic N) is 4. The second-order valence-electron chi connectivity index (χ2n) is 7.30. The standard InChI is InChI=1S/C23H18ClFN6O/c1-2-16(30-22-20-21(27-11-26-20)28-12-29-22)17-10-13-8-9-15(25)19(24)18(13)23(32)31(17)14-6-4-3-5-7-14/h3-12,16H,2H2,1H3,(H2,26,27,28,29,30). The number of pyridine rings is 1. The van der Waals surface area contributed by atoms with Gasteiger partial charge in [-0.3, -0.25) is 9.36 Å². The minimum Gasteiger partial charge on any atom is -0.360 e. The number of fused-ring (bicyclic) bond motifs is 2. The van der Waals surface area contributed by atoms with Crippen LogP contribution in [0.5, 0.6) is 0 Å². The topological polar surface area (TPSA) is 88.5 Å². The van der Waals surface area contributed by atoms with E-state index in [2.05, 4.69) is 25.3 Å². The maximum Gasteiger partial charge on any atom is 0.264 e. The maximum absolute atomic E-state index is 14.2. The van der Waals surface area contributed by atoms with Crippen molar-refractivity contribution in [2.24, 2.45) is 0 Å². The minimum atomic E-state index is -0.629. The molecule has 0 aliphatic rings. The first-order valence-electron chi connectivity index (χ1n) is 10.1. The largest absolute Gasteiger partial charge is 0.360 e. The summed E-state index contributed by atoms with van der Waals surface area (Å²) in [6.45, 7) is 2.00. The maximum atomic E-state index is 14.2. The average Bonchev–Trinajstić information content (AvgIpc) is 3.30. The summed E-state index contributed by atoms with van der Waals surface area (Å²) in [6, 6.07) is 13.6. The molecule has 1 atom stereocenters. The third-order valence-electron chi connectivity index (χ3n) is 5.41. The molecule has 0 aliphatic heterocycles. The lowest BCUT2D eigenvalue weighted by Gasteiger charge is -2.23. The van der Waals surface area contributed by atoms with E-state index in [1.54, 1.807) is 17.0 Å². The molecule has 1 unspecified atom stereocenters. The van der Waals surface area contributed by atoms with Gasteiger partial charge in [-0.15, -0.1) is 0 Å². The summed E-state index contributed by atoms with van der Waals surface area (Å²) in [4.78, 5) is 29.4. The van der Waals surface area contributed by atoms with Crippen molar-refractivity contribution in [1.82, 2.24) is 24.5 Å². The van der Waals surface area contributed by atoms with Gasteiger partial charge in [-0.2, -0.15) is 0 Å². The van der Waals surface area contributed by atoms with Crippen molar-refractivity contribution in [2.75, 3.05) is 5.32 Å². The zero-order valence-electron chi connectivity index (χ0n) is 17.0. The quantitative estimate of drug-likeness (QED) is 0.394. The van der Waals surface area contributed by atoms with Crippen LogP contribution in [0.4, 0.5) is 10.2 Å². The van der Waals surface area contributed by atoms with Crippen molar-refractivity contribution < 1.29 is 4.39 Å². The molecule has 0 radical (unpaired) electrons. The first-order chi connectivity index (χ1) is 15.6. The Morgan fingerprint density at radius 3 is 2.75 bits per heavy atom. The van der Waals surface area contributed by atoms with E-state index in [0.717, 1.165) is 0 Å². The predicted octanol–water partition coefficient (Wildman–Crippen LogP) is 5.01. The number of para-hydroxylation sites is 1. The van der Waals surface area contributed by atoms with Crippen LogP contribution in [0.15, 0.2) is 66.0 Å². The number of H-pyrrole nitrogens is 1. The number of nitrogens with one attached hydrogen (secondary N) is 2. The minimum absolute atomic E-state index is 0.144. The molecular formula is C23H18ClFN6O. The molecule has 2 N–H and O–H groups in total. The molecule has 0 aliphatic carbocycles. The van der Waals surface area contributed by atoms with Crippen molar-refractivity contribution in [3.63, 3.8) is 0 Å². The summed E-state index contributed by atoms with van der Waals surface area (Å²) < 4.78 is 15.7. The van der Waals surface area contributed by atoms with Gasteiger partial charge in [0, 0.05) is 11.4 Å². The van der Waals surface area contributed by atoms with Crippen LogP contribution in [-0.4, -0.2) is 24.5 Å². The Kier molecular flexibility index (Phi) is 5.07. The molecule has 7 nitrogen and oxygen atoms in total. The Morgan fingerprint density at radius 2 is 1.97 bits per heavy atom. The highest BCUT2D eigenvalue weighted by Gasteiger charge is 2.22. The zero-order chi connectivity index (χ0) is 22.2. The number of halogens is 2. The highest BCUT2D eigenvalue weighted by Crippen LogP contribution is 2.30. The van der Waals surface area contributed by atoms with Crippen LogP contribution in [0.25, 0.3) is 27.6 Å². The van der Waals surface area contributed by atoms with E-state index in [1.807, 2.05) is 43.3 Å². The molecule has 32 heavy (non-hydrogen) atoms. The molecule has 0 amide bonds. The number of anilines is 1. The van der Waals surface area contributed by atoms with E-state index in [1.165, 1.54) is 12.4 Å². The molecule has 0 spiro atoms. The highest BCUT2D eigenvalue weighted by atomic mass is 35.5. The summed E-state index contributed by atoms with van der Waals surface area (Å²) >= 11 is 6.21. The van der Waals surface area contributed by atoms with Crippen molar-refractivity contribution in [3.05, 3.63) is 88.1 Å². The SMILES string of the molecule is CCC(Nc1ncnc2[nH]cnc12)c1cc2ccc(F)c(Cl)c2c(=O)n1-c1ccccc1. The van der Waals surface area contributed by atoms with Gasteiger partial charge in [-0.05, 0) is 36.1 Å². The number of benzene rings is 2. The fourth-order valence-electron chi connectivity index (χ4n) is 3.88. The van der Waals surface area contributed by atoms with E-state index < -0.39 is 5.82 Å². The fraction of sp³-hybridized carbons (Fsp3) is 0.130. The lowest BCUT2D eigenvalue weighted by molar-refractivity contribution is 0.629. The van der Waals surface area contributed by atoms with Gasteiger partial charge in [0.15, 0.2) is 11.5 Å². The van der Waals surface area contributed by atoms with E-state index in [0.29, 0.717) is 40.2 Å². The number of hydrogen-bond acceptors (Lipinski definition) is 5. The number of rotatable bonds is 5. The van der Waals surface area contributed by atoms with Crippen LogP contribution in [0.1, 0.15) is 25.1 Å². The summed E-state index contributed by atoms with van der Waals surface area (Å²) in [6.07, 6.45) is 3.64. The van der Waals surface area contributed by atoms with Crippen molar-refractivity contribution in [3.8, 4) is 5.69 Å². The van der Waals surface area contributed by atoms with Gasteiger partial charge in [-0.25, -0.2) is 19.3 Å². The highest BCUT2D eigenvalue weighted by molar-refractivity contribution is 6.35. The van der Waals surface area contributed by atoms with Crippen molar-refractivity contribution in [1.29, 1.82) is 0 Å². The second kappa shape index (κ2) is 8.05. The molecular weight excluding hydrogens is 431 g/mol. The van der Waals surface area contributed by atoms with Gasteiger partial charge >= 0.3 is 0 Å². The zero-order valence-corrected chi connectivity index (χ0v) is 17.8. The Hall–Kier alpha value is -3.78. The summed E-state index contributed by atoms with van der Waals surface area (Å²) in [7, 11) is 0. The van der Waals surface area contributed by atoms with E-state index in [-0.39, 0.29) is 22.0 Å². The van der Waals surface area contributed by atoms with Crippen molar-refractivity contribution >= 4 is 39.4 Å². The fourth-order valence-corrected chi connectivity index (χ4v) is 4.13. The van der Waals surface area contributed by atoms with E-state index in [4.69, 9.17) is 11.6 Å². The van der Waals surface area contributed by atoms with Gasteiger partial charge < -0.3 is 10.3 Å². The summed E-state index contributed by atoms with van der Waals surface area (Å²) in [5.74, 6) is -0.0805. The number of aromatic amines is 1. The molecule has 2 aromatic carbocycles. The van der Waals surface area contributed by atoms with Gasteiger partial charge in [0.05, 0.1) is 22.8 Å². The van der Waals surface area contributed by atoms with Crippen LogP contribution in [0.3, 0.4) is 0 Å². The van der Waals surface area contributed by atoms with Gasteiger partial charge in [0.2, 0.25) is 0 Å². The molecule has 5 aromatic rings. The Morgan fingerprint density at radius 1 is 1.16 bits per heavy atom. The van der Waals surface area contributed by atoms with Gasteiger partial charge in [0.25, 0.3) is 5.56 Å². The normalized spacial score (nSPS) is 12.3. The Labute approximate surface area is 186 Å². The lowest BCUT2D eigenvalue weighted by Crippen LogP contribution is -2.27. The Bertz CT molecular complexity index is 1500. The van der Waals surface area contributed by atoms with Gasteiger partial charge in [-0.1, -0.05) is 42.8 Å². The molecule has 0 saturated carbocycles. The number of aromatic nitrogens is 5. The first kappa shape index (κ1) is 20.1. The molecule has 0 bridgehead atoms. The molecule has 9 heteroatoms. The van der Waals surface area contributed by atoms with E-state index in [9.17, 15) is 9.18 Å². The molecule has 0 fully saturated rings.